The molecular formula is C15H15N5O3S. The van der Waals surface area contributed by atoms with E-state index in [1.807, 2.05) is 4.57 Å². The quantitative estimate of drug-likeness (QED) is 0.519. The zero-order valence-electron chi connectivity index (χ0n) is 12.9. The maximum atomic E-state index is 12.0. The normalized spacial score (nSPS) is 10.7. The summed E-state index contributed by atoms with van der Waals surface area (Å²) in [4.78, 5) is 12.0. The highest BCUT2D eigenvalue weighted by molar-refractivity contribution is 7.99. The standard InChI is InChI=1S/C15H15N5O3S/c1-3-6-20-14(11-5-4-7-22-11)17-18-15(20)24-9-13(21)16-12-8-10(2)23-19-12/h3-5,7-8H,1,6,9H2,2H3,(H,16,19,21). The van der Waals surface area contributed by atoms with Crippen LogP contribution in [-0.4, -0.2) is 31.6 Å². The predicted octanol–water partition coefficient (Wildman–Crippen LogP) is 2.75. The van der Waals surface area contributed by atoms with Crippen molar-refractivity contribution in [3.63, 3.8) is 0 Å². The SMILES string of the molecule is C=CCn1c(SCC(=O)Nc2cc(C)on2)nnc1-c1ccco1. The molecule has 3 heterocycles. The van der Waals surface area contributed by atoms with Crippen molar-refractivity contribution in [2.24, 2.45) is 0 Å². The van der Waals surface area contributed by atoms with E-state index in [-0.39, 0.29) is 11.7 Å². The van der Waals surface area contributed by atoms with E-state index < -0.39 is 0 Å². The van der Waals surface area contributed by atoms with Crippen molar-refractivity contribution in [1.29, 1.82) is 0 Å². The molecule has 1 N–H and O–H groups in total. The number of thioether (sulfide) groups is 1. The molecule has 0 aromatic carbocycles. The van der Waals surface area contributed by atoms with Crippen molar-refractivity contribution in [3.8, 4) is 11.6 Å². The third kappa shape index (κ3) is 3.57. The summed E-state index contributed by atoms with van der Waals surface area (Å²) >= 11 is 1.27. The summed E-state index contributed by atoms with van der Waals surface area (Å²) in [6.07, 6.45) is 3.31. The number of carbonyl (C=O) groups excluding carboxylic acids is 1. The van der Waals surface area contributed by atoms with E-state index in [1.54, 1.807) is 37.5 Å². The molecule has 8 nitrogen and oxygen atoms in total. The largest absolute Gasteiger partial charge is 0.461 e. The van der Waals surface area contributed by atoms with Crippen molar-refractivity contribution in [2.45, 2.75) is 18.6 Å². The van der Waals surface area contributed by atoms with Gasteiger partial charge in [0.05, 0.1) is 12.0 Å². The minimum absolute atomic E-state index is 0.166. The lowest BCUT2D eigenvalue weighted by atomic mass is 10.4. The van der Waals surface area contributed by atoms with E-state index in [0.717, 1.165) is 0 Å². The lowest BCUT2D eigenvalue weighted by molar-refractivity contribution is -0.113. The molecule has 0 saturated heterocycles. The van der Waals surface area contributed by atoms with Crippen LogP contribution in [0.3, 0.4) is 0 Å². The van der Waals surface area contributed by atoms with Gasteiger partial charge >= 0.3 is 0 Å². The van der Waals surface area contributed by atoms with Crippen LogP contribution in [0.1, 0.15) is 5.76 Å². The topological polar surface area (TPSA) is 99.0 Å². The smallest absolute Gasteiger partial charge is 0.236 e. The Morgan fingerprint density at radius 1 is 1.50 bits per heavy atom. The molecule has 24 heavy (non-hydrogen) atoms. The van der Waals surface area contributed by atoms with Gasteiger partial charge in [0.15, 0.2) is 16.7 Å². The van der Waals surface area contributed by atoms with Crippen LogP contribution >= 0.6 is 11.8 Å². The molecule has 3 rings (SSSR count). The minimum atomic E-state index is -0.207. The summed E-state index contributed by atoms with van der Waals surface area (Å²) in [6.45, 7) is 6.00. The number of rotatable bonds is 7. The Labute approximate surface area is 141 Å². The number of anilines is 1. The van der Waals surface area contributed by atoms with Crippen molar-refractivity contribution in [1.82, 2.24) is 19.9 Å². The second kappa shape index (κ2) is 7.18. The van der Waals surface area contributed by atoms with Crippen LogP contribution in [0.25, 0.3) is 11.6 Å². The predicted molar refractivity (Wildman–Crippen MR) is 88.5 cm³/mol. The number of hydrogen-bond acceptors (Lipinski definition) is 7. The monoisotopic (exact) mass is 345 g/mol. The Bertz CT molecular complexity index is 837. The number of amides is 1. The number of nitrogens with zero attached hydrogens (tertiary/aromatic N) is 4. The Hall–Kier alpha value is -2.81. The Morgan fingerprint density at radius 2 is 2.38 bits per heavy atom. The molecule has 0 atom stereocenters. The second-order valence-electron chi connectivity index (χ2n) is 4.84. The fourth-order valence-corrected chi connectivity index (χ4v) is 2.76. The lowest BCUT2D eigenvalue weighted by Gasteiger charge is -2.06. The summed E-state index contributed by atoms with van der Waals surface area (Å²) in [6, 6.07) is 5.23. The molecule has 1 amide bonds. The Balaban J connectivity index is 1.68. The summed E-state index contributed by atoms with van der Waals surface area (Å²) in [5.41, 5.74) is 0. The van der Waals surface area contributed by atoms with Crippen LogP contribution in [0.2, 0.25) is 0 Å². The van der Waals surface area contributed by atoms with Gasteiger partial charge in [-0.25, -0.2) is 0 Å². The van der Waals surface area contributed by atoms with Gasteiger partial charge in [-0.15, -0.1) is 16.8 Å². The molecular weight excluding hydrogens is 330 g/mol. The number of nitrogens with one attached hydrogen (secondary N) is 1. The first kappa shape index (κ1) is 16.1. The van der Waals surface area contributed by atoms with Crippen molar-refractivity contribution >= 4 is 23.5 Å². The summed E-state index contributed by atoms with van der Waals surface area (Å²) in [5.74, 6) is 2.18. The van der Waals surface area contributed by atoms with Gasteiger partial charge in [0, 0.05) is 12.6 Å². The Kier molecular flexibility index (Phi) is 4.80. The fraction of sp³-hybridized carbons (Fsp3) is 0.200. The van der Waals surface area contributed by atoms with E-state index in [1.165, 1.54) is 11.8 Å². The molecule has 0 aliphatic heterocycles. The number of aryl methyl sites for hydroxylation is 1. The van der Waals surface area contributed by atoms with E-state index in [4.69, 9.17) is 8.94 Å². The fourth-order valence-electron chi connectivity index (χ4n) is 2.01. The van der Waals surface area contributed by atoms with Gasteiger partial charge in [-0.3, -0.25) is 9.36 Å². The first-order valence-corrected chi connectivity index (χ1v) is 8.10. The highest BCUT2D eigenvalue weighted by Gasteiger charge is 2.17. The molecule has 0 unspecified atom stereocenters. The molecule has 0 spiro atoms. The van der Waals surface area contributed by atoms with Gasteiger partial charge in [0.25, 0.3) is 0 Å². The summed E-state index contributed by atoms with van der Waals surface area (Å²) < 4.78 is 12.1. The molecule has 0 saturated carbocycles. The minimum Gasteiger partial charge on any atom is -0.461 e. The zero-order chi connectivity index (χ0) is 16.9. The van der Waals surface area contributed by atoms with Crippen molar-refractivity contribution in [3.05, 3.63) is 42.9 Å². The van der Waals surface area contributed by atoms with Gasteiger partial charge in [-0.05, 0) is 19.1 Å². The van der Waals surface area contributed by atoms with E-state index in [2.05, 4.69) is 27.2 Å². The van der Waals surface area contributed by atoms with Crippen molar-refractivity contribution in [2.75, 3.05) is 11.1 Å². The highest BCUT2D eigenvalue weighted by Crippen LogP contribution is 2.24. The molecule has 0 aliphatic carbocycles. The molecule has 124 valence electrons. The second-order valence-corrected chi connectivity index (χ2v) is 5.78. The van der Waals surface area contributed by atoms with Gasteiger partial charge < -0.3 is 14.3 Å². The van der Waals surface area contributed by atoms with Crippen molar-refractivity contribution < 1.29 is 13.7 Å². The molecule has 0 bridgehead atoms. The van der Waals surface area contributed by atoms with Crippen LogP contribution < -0.4 is 5.32 Å². The molecule has 0 aliphatic rings. The van der Waals surface area contributed by atoms with Gasteiger partial charge in [-0.1, -0.05) is 23.0 Å². The van der Waals surface area contributed by atoms with Crippen LogP contribution in [0.4, 0.5) is 5.82 Å². The number of allylic oxidation sites excluding steroid dienone is 1. The van der Waals surface area contributed by atoms with Crippen LogP contribution in [0, 0.1) is 6.92 Å². The van der Waals surface area contributed by atoms with E-state index in [9.17, 15) is 4.79 Å². The average molecular weight is 345 g/mol. The van der Waals surface area contributed by atoms with Crippen LogP contribution in [0.5, 0.6) is 0 Å². The molecule has 0 radical (unpaired) electrons. The molecule has 9 heteroatoms. The summed E-state index contributed by atoms with van der Waals surface area (Å²) in [5, 5.41) is 15.2. The van der Waals surface area contributed by atoms with Gasteiger partial charge in [-0.2, -0.15) is 0 Å². The zero-order valence-corrected chi connectivity index (χ0v) is 13.7. The molecule has 3 aromatic rings. The summed E-state index contributed by atoms with van der Waals surface area (Å²) in [7, 11) is 0. The highest BCUT2D eigenvalue weighted by atomic mass is 32.2. The molecule has 3 aromatic heterocycles. The number of furan rings is 1. The van der Waals surface area contributed by atoms with Gasteiger partial charge in [0.1, 0.15) is 5.76 Å². The number of hydrogen-bond donors (Lipinski definition) is 1. The third-order valence-electron chi connectivity index (χ3n) is 3.00. The first-order chi connectivity index (χ1) is 11.7. The average Bonchev–Trinajstić information content (AvgIpc) is 3.27. The van der Waals surface area contributed by atoms with Gasteiger partial charge in [0.2, 0.25) is 11.7 Å². The maximum Gasteiger partial charge on any atom is 0.236 e. The first-order valence-electron chi connectivity index (χ1n) is 7.11. The van der Waals surface area contributed by atoms with E-state index >= 15 is 0 Å². The maximum absolute atomic E-state index is 12.0. The molecule has 0 fully saturated rings. The Morgan fingerprint density at radius 3 is 3.04 bits per heavy atom. The van der Waals surface area contributed by atoms with Crippen LogP contribution in [-0.2, 0) is 11.3 Å². The van der Waals surface area contributed by atoms with Crippen LogP contribution in [0.15, 0.2) is 51.2 Å². The number of aromatic nitrogens is 4. The number of carbonyl (C=O) groups is 1. The van der Waals surface area contributed by atoms with E-state index in [0.29, 0.717) is 34.9 Å². The third-order valence-corrected chi connectivity index (χ3v) is 3.96. The lowest BCUT2D eigenvalue weighted by Crippen LogP contribution is -2.14.